The molecule has 0 aliphatic heterocycles. The Morgan fingerprint density at radius 3 is 2.44 bits per heavy atom. The second kappa shape index (κ2) is 8.88. The minimum Gasteiger partial charge on any atom is -0.466 e. The zero-order valence-corrected chi connectivity index (χ0v) is 9.88. The number of ether oxygens (including phenoxy) is 1. The van der Waals surface area contributed by atoms with Crippen LogP contribution in [0.25, 0.3) is 0 Å². The SMILES string of the molecule is CCCCOC(=O)CCC(=O)CNC(C)=O. The molecule has 0 aromatic rings. The lowest BCUT2D eigenvalue weighted by Gasteiger charge is -2.03. The molecule has 0 rings (SSSR count). The number of carbonyl (C=O) groups excluding carboxylic acids is 3. The number of rotatable bonds is 8. The Bertz CT molecular complexity index is 250. The van der Waals surface area contributed by atoms with Crippen LogP contribution in [-0.2, 0) is 19.1 Å². The Morgan fingerprint density at radius 2 is 1.88 bits per heavy atom. The molecule has 0 atom stereocenters. The lowest BCUT2D eigenvalue weighted by Crippen LogP contribution is -2.27. The molecular weight excluding hydrogens is 210 g/mol. The molecule has 0 aliphatic carbocycles. The van der Waals surface area contributed by atoms with Gasteiger partial charge in [-0.25, -0.2) is 0 Å². The van der Waals surface area contributed by atoms with Crippen LogP contribution in [0.1, 0.15) is 39.5 Å². The van der Waals surface area contributed by atoms with Gasteiger partial charge in [-0.05, 0) is 6.42 Å². The maximum Gasteiger partial charge on any atom is 0.306 e. The summed E-state index contributed by atoms with van der Waals surface area (Å²) >= 11 is 0. The van der Waals surface area contributed by atoms with Crippen LogP contribution >= 0.6 is 0 Å². The molecule has 0 aromatic carbocycles. The summed E-state index contributed by atoms with van der Waals surface area (Å²) in [6.07, 6.45) is 2.01. The van der Waals surface area contributed by atoms with Gasteiger partial charge in [0, 0.05) is 13.3 Å². The van der Waals surface area contributed by atoms with Crippen LogP contribution < -0.4 is 5.32 Å². The lowest BCUT2D eigenvalue weighted by molar-refractivity contribution is -0.144. The van der Waals surface area contributed by atoms with E-state index in [1.54, 1.807) is 0 Å². The molecule has 0 unspecified atom stereocenters. The molecule has 1 amide bonds. The normalized spacial score (nSPS) is 9.62. The third kappa shape index (κ3) is 9.18. The van der Waals surface area contributed by atoms with Gasteiger partial charge >= 0.3 is 5.97 Å². The molecule has 5 nitrogen and oxygen atoms in total. The molecule has 0 radical (unpaired) electrons. The molecule has 92 valence electrons. The number of Topliss-reactive ketones (excluding diaryl/α,β-unsaturated/α-hetero) is 1. The first kappa shape index (κ1) is 14.6. The minimum absolute atomic E-state index is 0.0163. The molecule has 0 aromatic heterocycles. The highest BCUT2D eigenvalue weighted by Gasteiger charge is 2.08. The topological polar surface area (TPSA) is 72.5 Å². The third-order valence-electron chi connectivity index (χ3n) is 1.90. The van der Waals surface area contributed by atoms with Gasteiger partial charge in [0.15, 0.2) is 5.78 Å². The van der Waals surface area contributed by atoms with Crippen molar-refractivity contribution < 1.29 is 19.1 Å². The van der Waals surface area contributed by atoms with Gasteiger partial charge in [0.2, 0.25) is 5.91 Å². The molecular formula is C11H19NO4. The van der Waals surface area contributed by atoms with E-state index in [0.717, 1.165) is 12.8 Å². The van der Waals surface area contributed by atoms with Gasteiger partial charge in [-0.2, -0.15) is 0 Å². The van der Waals surface area contributed by atoms with Crippen molar-refractivity contribution in [1.82, 2.24) is 5.32 Å². The number of nitrogens with one attached hydrogen (secondary N) is 1. The standard InChI is InChI=1S/C11H19NO4/c1-3-4-7-16-11(15)6-5-10(14)8-12-9(2)13/h3-8H2,1-2H3,(H,12,13). The van der Waals surface area contributed by atoms with Gasteiger partial charge in [-0.15, -0.1) is 0 Å². The summed E-state index contributed by atoms with van der Waals surface area (Å²) in [4.78, 5) is 32.8. The van der Waals surface area contributed by atoms with Crippen molar-refractivity contribution in [2.45, 2.75) is 39.5 Å². The van der Waals surface area contributed by atoms with Crippen molar-refractivity contribution in [3.05, 3.63) is 0 Å². The molecule has 0 saturated heterocycles. The van der Waals surface area contributed by atoms with E-state index < -0.39 is 0 Å². The van der Waals surface area contributed by atoms with E-state index in [2.05, 4.69) is 5.32 Å². The summed E-state index contributed by atoms with van der Waals surface area (Å²) in [5, 5.41) is 2.38. The van der Waals surface area contributed by atoms with E-state index >= 15 is 0 Å². The Morgan fingerprint density at radius 1 is 1.19 bits per heavy atom. The minimum atomic E-state index is -0.357. The van der Waals surface area contributed by atoms with Gasteiger partial charge in [0.25, 0.3) is 0 Å². The molecule has 1 N–H and O–H groups in total. The Kier molecular flexibility index (Phi) is 8.11. The summed E-state index contributed by atoms with van der Waals surface area (Å²) < 4.78 is 4.88. The van der Waals surface area contributed by atoms with Gasteiger partial charge in [0.05, 0.1) is 19.6 Å². The number of amides is 1. The highest BCUT2D eigenvalue weighted by atomic mass is 16.5. The average molecular weight is 229 g/mol. The number of carbonyl (C=O) groups is 3. The molecule has 0 heterocycles. The fourth-order valence-electron chi connectivity index (χ4n) is 0.955. The third-order valence-corrected chi connectivity index (χ3v) is 1.90. The van der Waals surface area contributed by atoms with Gasteiger partial charge in [-0.1, -0.05) is 13.3 Å². The highest BCUT2D eigenvalue weighted by molar-refractivity contribution is 5.87. The summed E-state index contributed by atoms with van der Waals surface area (Å²) in [5.41, 5.74) is 0. The van der Waals surface area contributed by atoms with Crippen molar-refractivity contribution in [3.8, 4) is 0 Å². The van der Waals surface area contributed by atoms with E-state index in [-0.39, 0.29) is 37.0 Å². The first-order valence-corrected chi connectivity index (χ1v) is 5.48. The lowest BCUT2D eigenvalue weighted by atomic mass is 10.2. The molecule has 0 bridgehead atoms. The van der Waals surface area contributed by atoms with E-state index in [9.17, 15) is 14.4 Å². The number of hydrogen-bond acceptors (Lipinski definition) is 4. The zero-order valence-electron chi connectivity index (χ0n) is 9.88. The van der Waals surface area contributed by atoms with Crippen LogP contribution in [-0.4, -0.2) is 30.8 Å². The van der Waals surface area contributed by atoms with Crippen molar-refractivity contribution in [2.24, 2.45) is 0 Å². The maximum atomic E-state index is 11.2. The Balaban J connectivity index is 3.51. The van der Waals surface area contributed by atoms with Crippen LogP contribution in [0.15, 0.2) is 0 Å². The maximum absolute atomic E-state index is 11.2. The summed E-state index contributed by atoms with van der Waals surface area (Å²) in [5.74, 6) is -0.772. The predicted octanol–water partition coefficient (Wildman–Crippen LogP) is 0.815. The number of unbranched alkanes of at least 4 members (excludes halogenated alkanes) is 1. The highest BCUT2D eigenvalue weighted by Crippen LogP contribution is 1.96. The molecule has 0 aliphatic rings. The van der Waals surface area contributed by atoms with E-state index in [0.29, 0.717) is 6.61 Å². The van der Waals surface area contributed by atoms with Gasteiger partial charge in [-0.3, -0.25) is 14.4 Å². The van der Waals surface area contributed by atoms with Crippen LogP contribution in [0.3, 0.4) is 0 Å². The fraction of sp³-hybridized carbons (Fsp3) is 0.727. The van der Waals surface area contributed by atoms with Crippen LogP contribution in [0.2, 0.25) is 0 Å². The number of hydrogen-bond donors (Lipinski definition) is 1. The summed E-state index contributed by atoms with van der Waals surface area (Å²) in [6.45, 7) is 3.74. The van der Waals surface area contributed by atoms with E-state index in [4.69, 9.17) is 4.74 Å². The van der Waals surface area contributed by atoms with Crippen LogP contribution in [0.4, 0.5) is 0 Å². The number of esters is 1. The largest absolute Gasteiger partial charge is 0.466 e. The summed E-state index contributed by atoms with van der Waals surface area (Å²) in [7, 11) is 0. The summed E-state index contributed by atoms with van der Waals surface area (Å²) in [6, 6.07) is 0. The smallest absolute Gasteiger partial charge is 0.306 e. The first-order valence-electron chi connectivity index (χ1n) is 5.48. The van der Waals surface area contributed by atoms with Crippen molar-refractivity contribution in [1.29, 1.82) is 0 Å². The molecule has 16 heavy (non-hydrogen) atoms. The van der Waals surface area contributed by atoms with E-state index in [1.807, 2.05) is 6.92 Å². The van der Waals surface area contributed by atoms with Crippen molar-refractivity contribution in [3.63, 3.8) is 0 Å². The second-order valence-electron chi connectivity index (χ2n) is 3.52. The van der Waals surface area contributed by atoms with Gasteiger partial charge in [0.1, 0.15) is 0 Å². The number of ketones is 1. The zero-order chi connectivity index (χ0) is 12.4. The van der Waals surface area contributed by atoms with Crippen molar-refractivity contribution >= 4 is 17.7 Å². The molecule has 0 spiro atoms. The average Bonchev–Trinajstić information content (AvgIpc) is 2.24. The van der Waals surface area contributed by atoms with E-state index in [1.165, 1.54) is 6.92 Å². The van der Waals surface area contributed by atoms with Crippen LogP contribution in [0, 0.1) is 0 Å². The Hall–Kier alpha value is -1.39. The first-order chi connectivity index (χ1) is 7.56. The Labute approximate surface area is 95.5 Å². The second-order valence-corrected chi connectivity index (χ2v) is 3.52. The monoisotopic (exact) mass is 229 g/mol. The van der Waals surface area contributed by atoms with Gasteiger partial charge < -0.3 is 10.1 Å². The predicted molar refractivity (Wildman–Crippen MR) is 58.8 cm³/mol. The molecule has 0 saturated carbocycles. The quantitative estimate of drug-likeness (QED) is 0.494. The van der Waals surface area contributed by atoms with Crippen molar-refractivity contribution in [2.75, 3.05) is 13.2 Å². The molecule has 5 heteroatoms. The van der Waals surface area contributed by atoms with Crippen LogP contribution in [0.5, 0.6) is 0 Å². The fourth-order valence-corrected chi connectivity index (χ4v) is 0.955. The molecule has 0 fully saturated rings.